The monoisotopic (exact) mass is 561 g/mol. The largest absolute Gasteiger partial charge is 0.459 e. The van der Waals surface area contributed by atoms with Crippen molar-refractivity contribution in [1.29, 1.82) is 0 Å². The normalized spacial score (nSPS) is 19.8. The number of para-hydroxylation sites is 1. The Kier molecular flexibility index (Phi) is 7.44. The van der Waals surface area contributed by atoms with Crippen molar-refractivity contribution in [3.05, 3.63) is 70.8 Å². The first kappa shape index (κ1) is 27.5. The Morgan fingerprint density at radius 1 is 1.03 bits per heavy atom. The molecule has 2 aromatic rings. The summed E-state index contributed by atoms with van der Waals surface area (Å²) >= 11 is 6.22. The van der Waals surface area contributed by atoms with Gasteiger partial charge in [-0.15, -0.1) is 0 Å². The van der Waals surface area contributed by atoms with Gasteiger partial charge in [-0.2, -0.15) is 31.4 Å². The molecule has 12 heteroatoms. The molecule has 0 aromatic heterocycles. The summed E-state index contributed by atoms with van der Waals surface area (Å²) in [7, 11) is -3.37. The first-order valence-electron chi connectivity index (χ1n) is 11.6. The molecule has 1 atom stereocenters. The lowest BCUT2D eigenvalue weighted by molar-refractivity contribution is -0.249. The SMILES string of the molecule is CC(C)S(=O)(=O)N1CC=C(c2ccc(C3CC(C(F)(F)C(F)(F)F)=NN3c3ccccc3Cl)cc2)CC1. The molecule has 0 radical (unpaired) electrons. The van der Waals surface area contributed by atoms with Crippen LogP contribution in [0.3, 0.4) is 0 Å². The average molecular weight is 562 g/mol. The Morgan fingerprint density at radius 2 is 1.68 bits per heavy atom. The van der Waals surface area contributed by atoms with E-state index in [-0.39, 0.29) is 17.3 Å². The van der Waals surface area contributed by atoms with Gasteiger partial charge in [0.25, 0.3) is 0 Å². The molecule has 1 unspecified atom stereocenters. The highest BCUT2D eigenvalue weighted by molar-refractivity contribution is 7.89. The molecule has 0 amide bonds. The van der Waals surface area contributed by atoms with Gasteiger partial charge in [-0.25, -0.2) is 8.42 Å². The minimum Gasteiger partial charge on any atom is -0.256 e. The van der Waals surface area contributed by atoms with E-state index in [9.17, 15) is 30.4 Å². The molecule has 0 aliphatic carbocycles. The number of sulfonamides is 1. The number of hydrazone groups is 1. The van der Waals surface area contributed by atoms with Crippen LogP contribution in [0.5, 0.6) is 0 Å². The number of hydrogen-bond donors (Lipinski definition) is 0. The van der Waals surface area contributed by atoms with Gasteiger partial charge in [-0.05, 0) is 49.1 Å². The Bertz CT molecular complexity index is 1320. The molecule has 0 bridgehead atoms. The zero-order chi connectivity index (χ0) is 27.2. The second kappa shape index (κ2) is 9.99. The zero-order valence-corrected chi connectivity index (χ0v) is 21.6. The lowest BCUT2D eigenvalue weighted by Gasteiger charge is -2.28. The molecule has 37 heavy (non-hydrogen) atoms. The highest BCUT2D eigenvalue weighted by Gasteiger charge is 2.62. The molecule has 5 nitrogen and oxygen atoms in total. The van der Waals surface area contributed by atoms with Crippen LogP contribution in [-0.4, -0.2) is 48.9 Å². The summed E-state index contributed by atoms with van der Waals surface area (Å²) in [6, 6.07) is 12.1. The number of benzene rings is 2. The molecule has 0 saturated carbocycles. The average Bonchev–Trinajstić information content (AvgIpc) is 3.30. The van der Waals surface area contributed by atoms with Crippen LogP contribution in [-0.2, 0) is 10.0 Å². The van der Waals surface area contributed by atoms with Gasteiger partial charge in [0.15, 0.2) is 0 Å². The van der Waals surface area contributed by atoms with Crippen LogP contribution in [0.25, 0.3) is 5.57 Å². The lowest BCUT2D eigenvalue weighted by atomic mass is 9.94. The molecule has 0 N–H and O–H groups in total. The predicted octanol–water partition coefficient (Wildman–Crippen LogP) is 6.67. The number of hydrogen-bond acceptors (Lipinski definition) is 4. The predicted molar refractivity (Wildman–Crippen MR) is 134 cm³/mol. The van der Waals surface area contributed by atoms with Crippen molar-refractivity contribution in [1.82, 2.24) is 4.31 Å². The Balaban J connectivity index is 1.61. The molecule has 0 spiro atoms. The molecular formula is C25H25ClF5N3O2S. The van der Waals surface area contributed by atoms with Gasteiger partial charge >= 0.3 is 12.1 Å². The smallest absolute Gasteiger partial charge is 0.256 e. The first-order valence-corrected chi connectivity index (χ1v) is 13.5. The summed E-state index contributed by atoms with van der Waals surface area (Å²) in [5, 5.41) is 4.45. The fourth-order valence-corrected chi connectivity index (χ4v) is 5.79. The third-order valence-electron chi connectivity index (χ3n) is 6.52. The summed E-state index contributed by atoms with van der Waals surface area (Å²) in [5.41, 5.74) is 1.16. The maximum absolute atomic E-state index is 14.2. The van der Waals surface area contributed by atoms with Gasteiger partial charge in [0.2, 0.25) is 10.0 Å². The zero-order valence-electron chi connectivity index (χ0n) is 20.0. The van der Waals surface area contributed by atoms with Gasteiger partial charge < -0.3 is 0 Å². The number of halogens is 6. The topological polar surface area (TPSA) is 53.0 Å². The lowest BCUT2D eigenvalue weighted by Crippen LogP contribution is -2.43. The van der Waals surface area contributed by atoms with E-state index in [0.717, 1.165) is 16.1 Å². The third kappa shape index (κ3) is 5.26. The quantitative estimate of drug-likeness (QED) is 0.370. The molecule has 2 heterocycles. The molecule has 0 saturated heterocycles. The summed E-state index contributed by atoms with van der Waals surface area (Å²) in [6.45, 7) is 3.83. The van der Waals surface area contributed by atoms with Gasteiger partial charge in [-0.3, -0.25) is 5.01 Å². The molecule has 2 aliphatic heterocycles. The van der Waals surface area contributed by atoms with Crippen molar-refractivity contribution < 1.29 is 30.4 Å². The van der Waals surface area contributed by atoms with Gasteiger partial charge in [0, 0.05) is 19.5 Å². The van der Waals surface area contributed by atoms with E-state index in [2.05, 4.69) is 5.10 Å². The van der Waals surface area contributed by atoms with Crippen LogP contribution in [0.15, 0.2) is 59.7 Å². The molecule has 0 fully saturated rings. The van der Waals surface area contributed by atoms with E-state index < -0.39 is 45.5 Å². The van der Waals surface area contributed by atoms with Crippen molar-refractivity contribution >= 4 is 38.6 Å². The Morgan fingerprint density at radius 3 is 2.22 bits per heavy atom. The van der Waals surface area contributed by atoms with Gasteiger partial charge in [0.05, 0.1) is 22.0 Å². The first-order chi connectivity index (χ1) is 17.2. The van der Waals surface area contributed by atoms with E-state index in [1.54, 1.807) is 50.2 Å². The highest BCUT2D eigenvalue weighted by atomic mass is 35.5. The Hall–Kier alpha value is -2.50. The van der Waals surface area contributed by atoms with E-state index >= 15 is 0 Å². The molecular weight excluding hydrogens is 537 g/mol. The minimum absolute atomic E-state index is 0.165. The number of alkyl halides is 5. The number of rotatable bonds is 6. The molecule has 2 aromatic carbocycles. The van der Waals surface area contributed by atoms with Crippen LogP contribution < -0.4 is 5.01 Å². The maximum Gasteiger partial charge on any atom is 0.459 e. The standard InChI is InChI=1S/C25H25ClF5N3O2S/c1-16(2)37(35,36)33-13-11-18(12-14-33)17-7-9-19(10-8-17)22-15-23(24(27,28)25(29,30)31)32-34(22)21-6-4-3-5-20(21)26/h3-11,16,22H,12-15H2,1-2H3. The third-order valence-corrected chi connectivity index (χ3v) is 9.08. The van der Waals surface area contributed by atoms with Crippen LogP contribution in [0.2, 0.25) is 5.02 Å². The van der Waals surface area contributed by atoms with E-state index in [1.165, 1.54) is 16.4 Å². The van der Waals surface area contributed by atoms with Crippen molar-refractivity contribution in [2.75, 3.05) is 18.1 Å². The highest BCUT2D eigenvalue weighted by Crippen LogP contribution is 2.45. The van der Waals surface area contributed by atoms with Gasteiger partial charge in [0.1, 0.15) is 5.71 Å². The van der Waals surface area contributed by atoms with Crippen molar-refractivity contribution in [2.24, 2.45) is 5.10 Å². The minimum atomic E-state index is -5.78. The van der Waals surface area contributed by atoms with E-state index in [4.69, 9.17) is 11.6 Å². The van der Waals surface area contributed by atoms with E-state index in [1.807, 2.05) is 6.08 Å². The van der Waals surface area contributed by atoms with Crippen LogP contribution in [0.1, 0.15) is 43.9 Å². The second-order valence-electron chi connectivity index (χ2n) is 9.19. The van der Waals surface area contributed by atoms with Crippen LogP contribution in [0.4, 0.5) is 27.6 Å². The Labute approximate surface area is 217 Å². The van der Waals surface area contributed by atoms with Gasteiger partial charge in [-0.1, -0.05) is 54.1 Å². The number of anilines is 1. The van der Waals surface area contributed by atoms with Crippen LogP contribution >= 0.6 is 11.6 Å². The summed E-state index contributed by atoms with van der Waals surface area (Å²) in [6.07, 6.45) is -4.09. The van der Waals surface area contributed by atoms with Crippen molar-refractivity contribution in [3.8, 4) is 0 Å². The molecule has 2 aliphatic rings. The van der Waals surface area contributed by atoms with Crippen molar-refractivity contribution in [2.45, 2.75) is 50.1 Å². The van der Waals surface area contributed by atoms with Crippen molar-refractivity contribution in [3.63, 3.8) is 0 Å². The fraction of sp³-hybridized carbons (Fsp3) is 0.400. The number of nitrogens with zero attached hydrogens (tertiary/aromatic N) is 3. The fourth-order valence-electron chi connectivity index (χ4n) is 4.34. The molecule has 4 rings (SSSR count). The van der Waals surface area contributed by atoms with Crippen LogP contribution in [0, 0.1) is 0 Å². The summed E-state index contributed by atoms with van der Waals surface area (Å²) in [5.74, 6) is -5.09. The summed E-state index contributed by atoms with van der Waals surface area (Å²) < 4.78 is 94.0. The molecule has 200 valence electrons. The van der Waals surface area contributed by atoms with E-state index in [0.29, 0.717) is 18.5 Å². The second-order valence-corrected chi connectivity index (χ2v) is 12.1. The maximum atomic E-state index is 14.2. The summed E-state index contributed by atoms with van der Waals surface area (Å²) in [4.78, 5) is 0.